The molecule has 3 aromatic rings. The van der Waals surface area contributed by atoms with Gasteiger partial charge in [-0.3, -0.25) is 9.59 Å². The first-order valence-electron chi connectivity index (χ1n) is 9.24. The Morgan fingerprint density at radius 2 is 1.66 bits per heavy atom. The zero-order valence-electron chi connectivity index (χ0n) is 15.6. The monoisotopic (exact) mass is 454 g/mol. The first-order chi connectivity index (χ1) is 14.1. The summed E-state index contributed by atoms with van der Waals surface area (Å²) in [5, 5.41) is 4.38. The molecule has 148 valence electrons. The van der Waals surface area contributed by atoms with Crippen LogP contribution < -0.4 is 10.5 Å². The summed E-state index contributed by atoms with van der Waals surface area (Å²) in [5.41, 5.74) is 1.23. The third-order valence-corrected chi connectivity index (χ3v) is 5.29. The molecule has 4 rings (SSSR count). The number of benzene rings is 1. The van der Waals surface area contributed by atoms with Crippen LogP contribution in [0.15, 0.2) is 64.1 Å². The summed E-state index contributed by atoms with van der Waals surface area (Å²) in [6.07, 6.45) is 3.41. The van der Waals surface area contributed by atoms with Gasteiger partial charge in [-0.15, -0.1) is 0 Å². The maximum atomic E-state index is 12.7. The van der Waals surface area contributed by atoms with Crippen molar-refractivity contribution < 1.29 is 4.79 Å². The van der Waals surface area contributed by atoms with E-state index in [0.717, 1.165) is 10.0 Å². The average molecular weight is 455 g/mol. The quantitative estimate of drug-likeness (QED) is 0.597. The number of nitrogens with zero attached hydrogens (tertiary/aromatic N) is 6. The lowest BCUT2D eigenvalue weighted by atomic mass is 10.1. The third kappa shape index (κ3) is 4.51. The molecule has 1 aromatic carbocycles. The van der Waals surface area contributed by atoms with Gasteiger partial charge in [0.15, 0.2) is 0 Å². The van der Waals surface area contributed by atoms with Crippen LogP contribution in [0.25, 0.3) is 11.3 Å². The zero-order chi connectivity index (χ0) is 20.2. The Kier molecular flexibility index (Phi) is 5.66. The normalized spacial score (nSPS) is 14.1. The molecule has 9 heteroatoms. The van der Waals surface area contributed by atoms with E-state index in [-0.39, 0.29) is 18.0 Å². The van der Waals surface area contributed by atoms with Gasteiger partial charge < -0.3 is 9.80 Å². The van der Waals surface area contributed by atoms with Gasteiger partial charge in [0.2, 0.25) is 11.9 Å². The number of amides is 1. The SMILES string of the molecule is O=C(Cn1nc(-c2ccc(Br)cc2)ccc1=O)N1CCN(c2ncccn2)CC1. The third-order valence-electron chi connectivity index (χ3n) is 4.76. The van der Waals surface area contributed by atoms with Crippen LogP contribution in [0.1, 0.15) is 0 Å². The molecule has 1 amide bonds. The summed E-state index contributed by atoms with van der Waals surface area (Å²) in [4.78, 5) is 37.2. The summed E-state index contributed by atoms with van der Waals surface area (Å²) in [6.45, 7) is 2.33. The lowest BCUT2D eigenvalue weighted by Gasteiger charge is -2.34. The van der Waals surface area contributed by atoms with Crippen molar-refractivity contribution in [2.75, 3.05) is 31.1 Å². The molecule has 8 nitrogen and oxygen atoms in total. The van der Waals surface area contributed by atoms with Gasteiger partial charge in [0.1, 0.15) is 6.54 Å². The van der Waals surface area contributed by atoms with Crippen molar-refractivity contribution in [2.24, 2.45) is 0 Å². The second kappa shape index (κ2) is 8.52. The molecular formula is C20H19BrN6O2. The number of hydrogen-bond acceptors (Lipinski definition) is 6. The second-order valence-corrected chi connectivity index (χ2v) is 7.55. The Morgan fingerprint density at radius 1 is 0.966 bits per heavy atom. The van der Waals surface area contributed by atoms with E-state index in [1.54, 1.807) is 29.4 Å². The number of halogens is 1. The Balaban J connectivity index is 1.43. The van der Waals surface area contributed by atoms with Crippen LogP contribution in [-0.2, 0) is 11.3 Å². The number of aromatic nitrogens is 4. The molecule has 0 bridgehead atoms. The Bertz CT molecular complexity index is 1050. The van der Waals surface area contributed by atoms with Crippen LogP contribution >= 0.6 is 15.9 Å². The Labute approximate surface area is 175 Å². The van der Waals surface area contributed by atoms with Gasteiger partial charge >= 0.3 is 0 Å². The van der Waals surface area contributed by atoms with Crippen LogP contribution in [0, 0.1) is 0 Å². The number of rotatable bonds is 4. The molecule has 0 N–H and O–H groups in total. The number of anilines is 1. The van der Waals surface area contributed by atoms with Crippen molar-refractivity contribution in [1.82, 2.24) is 24.6 Å². The van der Waals surface area contributed by atoms with E-state index in [4.69, 9.17) is 0 Å². The summed E-state index contributed by atoms with van der Waals surface area (Å²) in [5.74, 6) is 0.542. The van der Waals surface area contributed by atoms with Crippen molar-refractivity contribution in [2.45, 2.75) is 6.54 Å². The minimum Gasteiger partial charge on any atom is -0.338 e. The van der Waals surface area contributed by atoms with Crippen molar-refractivity contribution in [3.05, 3.63) is 69.7 Å². The fraction of sp³-hybridized carbons (Fsp3) is 0.250. The smallest absolute Gasteiger partial charge is 0.267 e. The van der Waals surface area contributed by atoms with E-state index >= 15 is 0 Å². The topological polar surface area (TPSA) is 84.2 Å². The van der Waals surface area contributed by atoms with E-state index < -0.39 is 0 Å². The molecule has 1 fully saturated rings. The highest BCUT2D eigenvalue weighted by Gasteiger charge is 2.23. The summed E-state index contributed by atoms with van der Waals surface area (Å²) >= 11 is 3.40. The van der Waals surface area contributed by atoms with Gasteiger partial charge in [0.05, 0.1) is 5.69 Å². The van der Waals surface area contributed by atoms with Crippen molar-refractivity contribution in [1.29, 1.82) is 0 Å². The van der Waals surface area contributed by atoms with Crippen molar-refractivity contribution in [3.8, 4) is 11.3 Å². The number of piperazine rings is 1. The summed E-state index contributed by atoms with van der Waals surface area (Å²) in [6, 6.07) is 12.5. The van der Waals surface area contributed by atoms with Gasteiger partial charge in [0, 0.05) is 54.7 Å². The van der Waals surface area contributed by atoms with Crippen LogP contribution in [-0.4, -0.2) is 56.7 Å². The fourth-order valence-electron chi connectivity index (χ4n) is 3.18. The minimum atomic E-state index is -0.296. The molecule has 0 spiro atoms. The van der Waals surface area contributed by atoms with E-state index in [2.05, 4.69) is 31.0 Å². The molecule has 0 unspecified atom stereocenters. The van der Waals surface area contributed by atoms with Gasteiger partial charge in [-0.05, 0) is 24.3 Å². The molecular weight excluding hydrogens is 436 g/mol. The van der Waals surface area contributed by atoms with Crippen LogP contribution in [0.3, 0.4) is 0 Å². The molecule has 3 heterocycles. The number of carbonyl (C=O) groups is 1. The molecule has 1 aliphatic heterocycles. The van der Waals surface area contributed by atoms with Crippen LogP contribution in [0.5, 0.6) is 0 Å². The highest BCUT2D eigenvalue weighted by Crippen LogP contribution is 2.18. The molecule has 1 aliphatic rings. The van der Waals surface area contributed by atoms with Crippen molar-refractivity contribution >= 4 is 27.8 Å². The number of hydrogen-bond donors (Lipinski definition) is 0. The Hall–Kier alpha value is -3.07. The zero-order valence-corrected chi connectivity index (χ0v) is 17.2. The predicted octanol–water partition coefficient (Wildman–Crippen LogP) is 1.81. The average Bonchev–Trinajstić information content (AvgIpc) is 2.76. The molecule has 1 saturated heterocycles. The van der Waals surface area contributed by atoms with E-state index in [0.29, 0.717) is 37.8 Å². The fourth-order valence-corrected chi connectivity index (χ4v) is 3.44. The Morgan fingerprint density at radius 3 is 2.34 bits per heavy atom. The van der Waals surface area contributed by atoms with Crippen LogP contribution in [0.2, 0.25) is 0 Å². The second-order valence-electron chi connectivity index (χ2n) is 6.64. The number of carbonyl (C=O) groups excluding carboxylic acids is 1. The first-order valence-corrected chi connectivity index (χ1v) is 10.0. The van der Waals surface area contributed by atoms with E-state index in [1.165, 1.54) is 10.7 Å². The maximum absolute atomic E-state index is 12.7. The molecule has 0 atom stereocenters. The van der Waals surface area contributed by atoms with Gasteiger partial charge in [-0.2, -0.15) is 5.10 Å². The molecule has 0 saturated carbocycles. The largest absolute Gasteiger partial charge is 0.338 e. The molecule has 0 aliphatic carbocycles. The van der Waals surface area contributed by atoms with Crippen molar-refractivity contribution in [3.63, 3.8) is 0 Å². The molecule has 0 radical (unpaired) electrons. The highest BCUT2D eigenvalue weighted by atomic mass is 79.9. The summed E-state index contributed by atoms with van der Waals surface area (Å²) in [7, 11) is 0. The van der Waals surface area contributed by atoms with Crippen LogP contribution in [0.4, 0.5) is 5.95 Å². The molecule has 29 heavy (non-hydrogen) atoms. The predicted molar refractivity (Wildman–Crippen MR) is 112 cm³/mol. The van der Waals surface area contributed by atoms with Gasteiger partial charge in [-0.25, -0.2) is 14.6 Å². The molecule has 2 aromatic heterocycles. The standard InChI is InChI=1S/C20H19BrN6O2/c21-16-4-2-15(3-5-16)17-6-7-18(28)27(24-17)14-19(29)25-10-12-26(13-11-25)20-22-8-1-9-23-20/h1-9H,10-14H2. The van der Waals surface area contributed by atoms with Gasteiger partial charge in [-0.1, -0.05) is 28.1 Å². The maximum Gasteiger partial charge on any atom is 0.267 e. The van der Waals surface area contributed by atoms with Gasteiger partial charge in [0.25, 0.3) is 5.56 Å². The van der Waals surface area contributed by atoms with E-state index in [9.17, 15) is 9.59 Å². The summed E-state index contributed by atoms with van der Waals surface area (Å²) < 4.78 is 2.19. The first kappa shape index (κ1) is 19.3. The minimum absolute atomic E-state index is 0.0783. The highest BCUT2D eigenvalue weighted by molar-refractivity contribution is 9.10. The lowest BCUT2D eigenvalue weighted by Crippen LogP contribution is -2.50. The lowest BCUT2D eigenvalue weighted by molar-refractivity contribution is -0.132. The van der Waals surface area contributed by atoms with E-state index in [1.807, 2.05) is 29.2 Å².